The molecule has 1 heterocycles. The third kappa shape index (κ3) is 2.35. The van der Waals surface area contributed by atoms with Crippen LogP contribution in [-0.2, 0) is 0 Å². The Morgan fingerprint density at radius 2 is 2.58 bits per heavy atom. The fourth-order valence-electron chi connectivity index (χ4n) is 0.671. The Morgan fingerprint density at radius 3 is 3.08 bits per heavy atom. The lowest BCUT2D eigenvalue weighted by Gasteiger charge is -1.92. The molecule has 0 fully saturated rings. The van der Waals surface area contributed by atoms with Gasteiger partial charge in [-0.1, -0.05) is 0 Å². The summed E-state index contributed by atoms with van der Waals surface area (Å²) in [6.07, 6.45) is 3.12. The van der Waals surface area contributed by atoms with Crippen LogP contribution in [0.15, 0.2) is 21.8 Å². The van der Waals surface area contributed by atoms with Crippen LogP contribution in [0.25, 0.3) is 0 Å². The van der Waals surface area contributed by atoms with Gasteiger partial charge in [0.2, 0.25) is 0 Å². The van der Waals surface area contributed by atoms with Gasteiger partial charge in [-0.25, -0.2) is 0 Å². The minimum atomic E-state index is 0.135. The van der Waals surface area contributed by atoms with Gasteiger partial charge in [0, 0.05) is 0 Å². The molecule has 0 bridgehead atoms. The third-order valence-electron chi connectivity index (χ3n) is 1.26. The van der Waals surface area contributed by atoms with E-state index in [9.17, 15) is 0 Å². The van der Waals surface area contributed by atoms with Gasteiger partial charge < -0.3 is 10.2 Å². The van der Waals surface area contributed by atoms with Crippen molar-refractivity contribution < 1.29 is 4.42 Å². The standard InChI is InChI=1S/C7H9N3OS/c1-5-2-3-11-6(5)4-9-10-7(8)12/h2-4H,1H3,(H3,8,10,12)/b9-4+. The molecule has 12 heavy (non-hydrogen) atoms. The van der Waals surface area contributed by atoms with Crippen molar-refractivity contribution in [2.45, 2.75) is 6.92 Å². The van der Waals surface area contributed by atoms with Crippen LogP contribution in [0.1, 0.15) is 11.3 Å². The highest BCUT2D eigenvalue weighted by Crippen LogP contribution is 2.04. The molecule has 0 saturated heterocycles. The summed E-state index contributed by atoms with van der Waals surface area (Å²) in [5.74, 6) is 0.693. The lowest BCUT2D eigenvalue weighted by molar-refractivity contribution is 0.558. The topological polar surface area (TPSA) is 63.5 Å². The lowest BCUT2D eigenvalue weighted by atomic mass is 10.3. The van der Waals surface area contributed by atoms with Gasteiger partial charge in [0.05, 0.1) is 12.5 Å². The summed E-state index contributed by atoms with van der Waals surface area (Å²) in [7, 11) is 0. The maximum Gasteiger partial charge on any atom is 0.184 e. The fourth-order valence-corrected chi connectivity index (χ4v) is 0.724. The Morgan fingerprint density at radius 1 is 1.83 bits per heavy atom. The number of aryl methyl sites for hydroxylation is 1. The van der Waals surface area contributed by atoms with Crippen molar-refractivity contribution >= 4 is 23.5 Å². The first kappa shape index (κ1) is 8.73. The zero-order chi connectivity index (χ0) is 8.97. The normalized spacial score (nSPS) is 10.4. The van der Waals surface area contributed by atoms with Gasteiger partial charge in [0.1, 0.15) is 5.76 Å². The molecule has 0 amide bonds. The van der Waals surface area contributed by atoms with Gasteiger partial charge in [0.15, 0.2) is 5.11 Å². The highest BCUT2D eigenvalue weighted by atomic mass is 32.1. The first-order chi connectivity index (χ1) is 5.70. The Labute approximate surface area is 75.4 Å². The monoisotopic (exact) mass is 183 g/mol. The molecule has 64 valence electrons. The van der Waals surface area contributed by atoms with Crippen LogP contribution < -0.4 is 11.2 Å². The summed E-state index contributed by atoms with van der Waals surface area (Å²) < 4.78 is 5.07. The number of hydrazone groups is 1. The van der Waals surface area contributed by atoms with Crippen LogP contribution in [0.2, 0.25) is 0 Å². The molecule has 3 N–H and O–H groups in total. The molecule has 5 heteroatoms. The lowest BCUT2D eigenvalue weighted by Crippen LogP contribution is -2.23. The number of rotatable bonds is 2. The molecule has 0 aliphatic heterocycles. The van der Waals surface area contributed by atoms with E-state index < -0.39 is 0 Å². The molecule has 0 aliphatic carbocycles. The van der Waals surface area contributed by atoms with Gasteiger partial charge in [-0.2, -0.15) is 5.10 Å². The van der Waals surface area contributed by atoms with E-state index in [0.717, 1.165) is 5.56 Å². The van der Waals surface area contributed by atoms with Gasteiger partial charge in [-0.3, -0.25) is 5.43 Å². The molecule has 0 aliphatic rings. The number of hydrogen-bond donors (Lipinski definition) is 2. The number of hydrogen-bond acceptors (Lipinski definition) is 3. The second-order valence-electron chi connectivity index (χ2n) is 2.20. The highest BCUT2D eigenvalue weighted by Gasteiger charge is 1.95. The number of nitrogens with zero attached hydrogens (tertiary/aromatic N) is 1. The molecule has 0 radical (unpaired) electrons. The minimum absolute atomic E-state index is 0.135. The second kappa shape index (κ2) is 3.87. The van der Waals surface area contributed by atoms with Crippen molar-refractivity contribution in [3.05, 3.63) is 23.7 Å². The van der Waals surface area contributed by atoms with Crippen LogP contribution in [0.5, 0.6) is 0 Å². The summed E-state index contributed by atoms with van der Waals surface area (Å²) in [4.78, 5) is 0. The Kier molecular flexibility index (Phi) is 2.82. The molecular weight excluding hydrogens is 174 g/mol. The van der Waals surface area contributed by atoms with Crippen LogP contribution in [0, 0.1) is 6.92 Å². The van der Waals surface area contributed by atoms with E-state index in [2.05, 4.69) is 22.7 Å². The van der Waals surface area contributed by atoms with Crippen LogP contribution in [0.3, 0.4) is 0 Å². The molecule has 1 rings (SSSR count). The van der Waals surface area contributed by atoms with Crippen molar-refractivity contribution in [2.24, 2.45) is 10.8 Å². The van der Waals surface area contributed by atoms with Gasteiger partial charge >= 0.3 is 0 Å². The zero-order valence-corrected chi connectivity index (χ0v) is 7.39. The van der Waals surface area contributed by atoms with Gasteiger partial charge in [-0.05, 0) is 30.8 Å². The van der Waals surface area contributed by atoms with Gasteiger partial charge in [0.25, 0.3) is 0 Å². The summed E-state index contributed by atoms with van der Waals surface area (Å²) in [6, 6.07) is 1.85. The molecule has 0 aromatic carbocycles. The molecule has 1 aromatic heterocycles. The highest BCUT2D eigenvalue weighted by molar-refractivity contribution is 7.80. The predicted octanol–water partition coefficient (Wildman–Crippen LogP) is 0.755. The smallest absolute Gasteiger partial charge is 0.184 e. The summed E-state index contributed by atoms with van der Waals surface area (Å²) in [5.41, 5.74) is 8.59. The second-order valence-corrected chi connectivity index (χ2v) is 2.64. The minimum Gasteiger partial charge on any atom is -0.463 e. The zero-order valence-electron chi connectivity index (χ0n) is 6.57. The first-order valence-corrected chi connectivity index (χ1v) is 3.73. The Bertz CT molecular complexity index is 305. The molecule has 0 atom stereocenters. The van der Waals surface area contributed by atoms with Crippen LogP contribution >= 0.6 is 12.2 Å². The van der Waals surface area contributed by atoms with Crippen LogP contribution in [-0.4, -0.2) is 11.3 Å². The van der Waals surface area contributed by atoms with E-state index in [0.29, 0.717) is 5.76 Å². The maximum atomic E-state index is 5.15. The maximum absolute atomic E-state index is 5.15. The van der Waals surface area contributed by atoms with Crippen molar-refractivity contribution in [1.82, 2.24) is 5.43 Å². The molecule has 0 saturated carbocycles. The summed E-state index contributed by atoms with van der Waals surface area (Å²) in [5, 5.41) is 3.87. The van der Waals surface area contributed by atoms with E-state index in [1.807, 2.05) is 13.0 Å². The third-order valence-corrected chi connectivity index (χ3v) is 1.35. The van der Waals surface area contributed by atoms with Crippen molar-refractivity contribution in [3.63, 3.8) is 0 Å². The van der Waals surface area contributed by atoms with Gasteiger partial charge in [-0.15, -0.1) is 0 Å². The molecule has 4 nitrogen and oxygen atoms in total. The van der Waals surface area contributed by atoms with Crippen molar-refractivity contribution in [1.29, 1.82) is 0 Å². The predicted molar refractivity (Wildman–Crippen MR) is 51.0 cm³/mol. The van der Waals surface area contributed by atoms with E-state index in [4.69, 9.17) is 10.2 Å². The average Bonchev–Trinajstić information content (AvgIpc) is 2.36. The molecule has 0 unspecified atom stereocenters. The molecular formula is C7H9N3OS. The fraction of sp³-hybridized carbons (Fsp3) is 0.143. The quantitative estimate of drug-likeness (QED) is 0.403. The molecule has 1 aromatic rings. The van der Waals surface area contributed by atoms with Crippen LogP contribution in [0.4, 0.5) is 0 Å². The first-order valence-electron chi connectivity index (χ1n) is 3.33. The number of furan rings is 1. The van der Waals surface area contributed by atoms with E-state index >= 15 is 0 Å². The summed E-state index contributed by atoms with van der Waals surface area (Å²) >= 11 is 4.55. The number of nitrogens with one attached hydrogen (secondary N) is 1. The van der Waals surface area contributed by atoms with Crippen molar-refractivity contribution in [3.8, 4) is 0 Å². The summed E-state index contributed by atoms with van der Waals surface area (Å²) in [6.45, 7) is 1.92. The SMILES string of the molecule is Cc1ccoc1/C=N/NC(N)=S. The average molecular weight is 183 g/mol. The Hall–Kier alpha value is -1.36. The largest absolute Gasteiger partial charge is 0.463 e. The number of nitrogens with two attached hydrogens (primary N) is 1. The van der Waals surface area contributed by atoms with E-state index in [1.165, 1.54) is 6.21 Å². The van der Waals surface area contributed by atoms with E-state index in [-0.39, 0.29) is 5.11 Å². The van der Waals surface area contributed by atoms with E-state index in [1.54, 1.807) is 6.26 Å². The Balaban J connectivity index is 2.57. The number of thiocarbonyl (C=S) groups is 1. The molecule has 0 spiro atoms. The van der Waals surface area contributed by atoms with Crippen molar-refractivity contribution in [2.75, 3.05) is 0 Å².